The van der Waals surface area contributed by atoms with Crippen LogP contribution in [0.15, 0.2) is 73.1 Å². The van der Waals surface area contributed by atoms with E-state index in [2.05, 4.69) is 79.9 Å². The van der Waals surface area contributed by atoms with Gasteiger partial charge in [-0.25, -0.2) is 4.98 Å². The van der Waals surface area contributed by atoms with E-state index >= 15 is 0 Å². The van der Waals surface area contributed by atoms with Gasteiger partial charge in [-0.05, 0) is 51.9 Å². The van der Waals surface area contributed by atoms with Crippen LogP contribution in [0.1, 0.15) is 31.9 Å². The van der Waals surface area contributed by atoms with Gasteiger partial charge in [0.1, 0.15) is 5.75 Å². The summed E-state index contributed by atoms with van der Waals surface area (Å²) in [6.45, 7) is 7.53. The largest absolute Gasteiger partial charge is 0.497 e. The van der Waals surface area contributed by atoms with Crippen molar-refractivity contribution in [2.75, 3.05) is 7.11 Å². The van der Waals surface area contributed by atoms with Crippen LogP contribution < -0.4 is 4.74 Å². The lowest BCUT2D eigenvalue weighted by atomic mass is 9.84. The van der Waals surface area contributed by atoms with Gasteiger partial charge in [0.25, 0.3) is 0 Å². The second-order valence-electron chi connectivity index (χ2n) is 8.23. The zero-order valence-electron chi connectivity index (χ0n) is 16.9. The van der Waals surface area contributed by atoms with Crippen molar-refractivity contribution < 1.29 is 4.74 Å². The quantitative estimate of drug-likeness (QED) is 0.437. The van der Waals surface area contributed by atoms with Crippen molar-refractivity contribution in [3.05, 3.63) is 84.2 Å². The summed E-state index contributed by atoms with van der Waals surface area (Å²) in [5, 5.41) is 0. The van der Waals surface area contributed by atoms with Crippen molar-refractivity contribution in [2.45, 2.75) is 32.7 Å². The van der Waals surface area contributed by atoms with E-state index < -0.39 is 0 Å². The molecule has 3 aromatic carbocycles. The van der Waals surface area contributed by atoms with E-state index in [0.717, 1.165) is 17.8 Å². The molecule has 142 valence electrons. The summed E-state index contributed by atoms with van der Waals surface area (Å²) in [7, 11) is 1.69. The third kappa shape index (κ3) is 3.53. The maximum absolute atomic E-state index is 5.27. The van der Waals surface area contributed by atoms with E-state index in [1.54, 1.807) is 7.11 Å². The van der Waals surface area contributed by atoms with Crippen LogP contribution in [-0.4, -0.2) is 16.7 Å². The molecule has 0 N–H and O–H groups in total. The molecule has 3 nitrogen and oxygen atoms in total. The van der Waals surface area contributed by atoms with E-state index in [0.29, 0.717) is 0 Å². The minimum absolute atomic E-state index is 0.0162. The molecule has 4 rings (SSSR count). The number of methoxy groups -OCH3 is 1. The van der Waals surface area contributed by atoms with Gasteiger partial charge in [0.2, 0.25) is 0 Å². The lowest BCUT2D eigenvalue weighted by Crippen LogP contribution is -2.12. The number of imidazole rings is 1. The molecule has 0 aliphatic heterocycles. The van der Waals surface area contributed by atoms with Crippen LogP contribution in [0.4, 0.5) is 0 Å². The predicted molar refractivity (Wildman–Crippen MR) is 116 cm³/mol. The Hall–Kier alpha value is -3.07. The Kier molecular flexibility index (Phi) is 4.68. The Bertz CT molecular complexity index is 1090. The smallest absolute Gasteiger partial charge is 0.118 e. The Morgan fingerprint density at radius 1 is 0.893 bits per heavy atom. The molecule has 0 fully saturated rings. The van der Waals surface area contributed by atoms with Crippen molar-refractivity contribution in [1.29, 1.82) is 0 Å². The van der Waals surface area contributed by atoms with Crippen LogP contribution in [0.25, 0.3) is 22.2 Å². The van der Waals surface area contributed by atoms with Crippen molar-refractivity contribution in [3.63, 3.8) is 0 Å². The second kappa shape index (κ2) is 7.16. The molecule has 3 heteroatoms. The van der Waals surface area contributed by atoms with Gasteiger partial charge in [-0.2, -0.15) is 0 Å². The highest BCUT2D eigenvalue weighted by molar-refractivity contribution is 5.86. The van der Waals surface area contributed by atoms with Crippen LogP contribution in [0, 0.1) is 0 Å². The van der Waals surface area contributed by atoms with Crippen LogP contribution in [0.5, 0.6) is 5.75 Å². The molecule has 1 heterocycles. The Morgan fingerprint density at radius 2 is 1.61 bits per heavy atom. The molecule has 0 aliphatic carbocycles. The average molecular weight is 370 g/mol. The third-order valence-electron chi connectivity index (χ3n) is 5.15. The normalized spacial score (nSPS) is 11.7. The number of aromatic nitrogens is 2. The maximum atomic E-state index is 5.27. The predicted octanol–water partition coefficient (Wildman–Crippen LogP) is 6.06. The molecular formula is C25H26N2O. The summed E-state index contributed by atoms with van der Waals surface area (Å²) in [5.74, 6) is 0.876. The minimum atomic E-state index is 0.0162. The SMILES string of the molecule is COc1ccc(Cn2cnc3c(C(C)(C)C)cc(-c4ccccc4)cc32)cc1. The zero-order valence-corrected chi connectivity index (χ0v) is 16.9. The van der Waals surface area contributed by atoms with Gasteiger partial charge in [0.05, 0.1) is 24.5 Å². The van der Waals surface area contributed by atoms with E-state index in [9.17, 15) is 0 Å². The fourth-order valence-corrected chi connectivity index (χ4v) is 3.59. The van der Waals surface area contributed by atoms with Crippen molar-refractivity contribution in [3.8, 4) is 16.9 Å². The molecule has 0 aliphatic rings. The molecule has 0 amide bonds. The number of nitrogens with zero attached hydrogens (tertiary/aromatic N) is 2. The first-order chi connectivity index (χ1) is 13.5. The molecule has 4 aromatic rings. The summed E-state index contributed by atoms with van der Waals surface area (Å²) in [5.41, 5.74) is 7.23. The van der Waals surface area contributed by atoms with Gasteiger partial charge >= 0.3 is 0 Å². The molecule has 28 heavy (non-hydrogen) atoms. The Morgan fingerprint density at radius 3 is 2.25 bits per heavy atom. The summed E-state index contributed by atoms with van der Waals surface area (Å²) >= 11 is 0. The van der Waals surface area contributed by atoms with Crippen LogP contribution in [0.3, 0.4) is 0 Å². The number of rotatable bonds is 4. The summed E-state index contributed by atoms with van der Waals surface area (Å²) in [4.78, 5) is 4.79. The van der Waals surface area contributed by atoms with E-state index in [1.165, 1.54) is 27.8 Å². The Labute approximate surface area is 166 Å². The fraction of sp³-hybridized carbons (Fsp3) is 0.240. The van der Waals surface area contributed by atoms with Gasteiger partial charge < -0.3 is 9.30 Å². The van der Waals surface area contributed by atoms with E-state index in [-0.39, 0.29) is 5.41 Å². The third-order valence-corrected chi connectivity index (χ3v) is 5.15. The van der Waals surface area contributed by atoms with Crippen LogP contribution in [0.2, 0.25) is 0 Å². The molecule has 0 radical (unpaired) electrons. The first-order valence-corrected chi connectivity index (χ1v) is 9.63. The number of hydrogen-bond donors (Lipinski definition) is 0. The highest BCUT2D eigenvalue weighted by Gasteiger charge is 2.21. The van der Waals surface area contributed by atoms with Gasteiger partial charge in [0.15, 0.2) is 0 Å². The number of hydrogen-bond acceptors (Lipinski definition) is 2. The minimum Gasteiger partial charge on any atom is -0.497 e. The van der Waals surface area contributed by atoms with Crippen LogP contribution >= 0.6 is 0 Å². The van der Waals surface area contributed by atoms with E-state index in [1.807, 2.05) is 18.5 Å². The van der Waals surface area contributed by atoms with E-state index in [4.69, 9.17) is 9.72 Å². The van der Waals surface area contributed by atoms with Crippen molar-refractivity contribution in [2.24, 2.45) is 0 Å². The fourth-order valence-electron chi connectivity index (χ4n) is 3.59. The molecule has 0 saturated heterocycles. The van der Waals surface area contributed by atoms with Gasteiger partial charge in [-0.15, -0.1) is 0 Å². The monoisotopic (exact) mass is 370 g/mol. The van der Waals surface area contributed by atoms with Crippen molar-refractivity contribution >= 4 is 11.0 Å². The van der Waals surface area contributed by atoms with Gasteiger partial charge in [-0.1, -0.05) is 63.2 Å². The van der Waals surface area contributed by atoms with Gasteiger partial charge in [-0.3, -0.25) is 0 Å². The lowest BCUT2D eigenvalue weighted by molar-refractivity contribution is 0.414. The summed E-state index contributed by atoms with van der Waals surface area (Å²) < 4.78 is 7.51. The highest BCUT2D eigenvalue weighted by atomic mass is 16.5. The number of fused-ring (bicyclic) bond motifs is 1. The average Bonchev–Trinajstić information content (AvgIpc) is 3.10. The van der Waals surface area contributed by atoms with Crippen LogP contribution in [-0.2, 0) is 12.0 Å². The summed E-state index contributed by atoms with van der Waals surface area (Å²) in [6, 6.07) is 23.3. The molecule has 0 unspecified atom stereocenters. The molecule has 0 saturated carbocycles. The van der Waals surface area contributed by atoms with Crippen molar-refractivity contribution in [1.82, 2.24) is 9.55 Å². The first kappa shape index (κ1) is 18.3. The molecular weight excluding hydrogens is 344 g/mol. The molecule has 0 atom stereocenters. The van der Waals surface area contributed by atoms with Gasteiger partial charge in [0, 0.05) is 6.54 Å². The Balaban J connectivity index is 1.84. The second-order valence-corrected chi connectivity index (χ2v) is 8.23. The molecule has 0 bridgehead atoms. The molecule has 1 aromatic heterocycles. The number of ether oxygens (including phenoxy) is 1. The summed E-state index contributed by atoms with van der Waals surface area (Å²) in [6.07, 6.45) is 1.96. The maximum Gasteiger partial charge on any atom is 0.118 e. The highest BCUT2D eigenvalue weighted by Crippen LogP contribution is 2.34. The molecule has 0 spiro atoms. The lowest BCUT2D eigenvalue weighted by Gasteiger charge is -2.21. The topological polar surface area (TPSA) is 27.1 Å². The number of benzene rings is 3. The zero-order chi connectivity index (χ0) is 19.7. The first-order valence-electron chi connectivity index (χ1n) is 9.63. The standard InChI is InChI=1S/C25H26N2O/c1-25(2,3)22-14-20(19-8-6-5-7-9-19)15-23-24(22)26-17-27(23)16-18-10-12-21(28-4)13-11-18/h5-15,17H,16H2,1-4H3.